The van der Waals surface area contributed by atoms with Crippen molar-refractivity contribution in [2.45, 2.75) is 13.0 Å². The topological polar surface area (TPSA) is 46.3 Å². The van der Waals surface area contributed by atoms with Crippen LogP contribution in [0.4, 0.5) is 0 Å². The molecular formula is C11H15N2O-. The molecule has 0 atom stereocenters. The first-order valence-corrected chi connectivity index (χ1v) is 4.56. The highest BCUT2D eigenvalue weighted by Gasteiger charge is 1.96. The molecule has 0 radical (unpaired) electrons. The number of hydrogen-bond donors (Lipinski definition) is 1. The predicted molar refractivity (Wildman–Crippen MR) is 56.0 cm³/mol. The summed E-state index contributed by atoms with van der Waals surface area (Å²) in [6, 6.07) is 10.00. The van der Waals surface area contributed by atoms with Crippen LogP contribution in [0.25, 0.3) is 0 Å². The quantitative estimate of drug-likeness (QED) is 0.710. The highest BCUT2D eigenvalue weighted by atomic mass is 16.1. The van der Waals surface area contributed by atoms with Gasteiger partial charge >= 0.3 is 0 Å². The fraction of sp³-hybridized carbons (Fsp3) is 0.273. The Labute approximate surface area is 84.5 Å². The van der Waals surface area contributed by atoms with E-state index in [-0.39, 0.29) is 5.91 Å². The third-order valence-electron chi connectivity index (χ3n) is 1.92. The normalized spacial score (nSPS) is 10.4. The van der Waals surface area contributed by atoms with E-state index in [1.165, 1.54) is 5.56 Å². The van der Waals surface area contributed by atoms with E-state index in [1.807, 2.05) is 35.2 Å². The summed E-state index contributed by atoms with van der Waals surface area (Å²) in [5.41, 5.74) is 6.23. The van der Waals surface area contributed by atoms with Crippen LogP contribution in [0.5, 0.6) is 0 Å². The third-order valence-corrected chi connectivity index (χ3v) is 1.92. The summed E-state index contributed by atoms with van der Waals surface area (Å²) in [4.78, 5) is 12.4. The van der Waals surface area contributed by atoms with Gasteiger partial charge in [-0.3, -0.25) is 11.8 Å². The maximum Gasteiger partial charge on any atom is 0.218 e. The van der Waals surface area contributed by atoms with Crippen LogP contribution in [-0.4, -0.2) is 17.4 Å². The summed E-state index contributed by atoms with van der Waals surface area (Å²) >= 11 is 0. The molecule has 1 aromatic carbocycles. The van der Waals surface area contributed by atoms with Gasteiger partial charge in [0.05, 0.1) is 0 Å². The van der Waals surface area contributed by atoms with Crippen molar-refractivity contribution >= 4 is 5.91 Å². The lowest BCUT2D eigenvalue weighted by Gasteiger charge is -2.23. The first-order chi connectivity index (χ1) is 6.68. The number of rotatable bonds is 5. The zero-order valence-electron chi connectivity index (χ0n) is 8.15. The minimum Gasteiger partial charge on any atom is -0.455 e. The summed E-state index contributed by atoms with van der Waals surface area (Å²) in [6.07, 6.45) is 0.357. The van der Waals surface area contributed by atoms with Gasteiger partial charge in [-0.25, -0.2) is 0 Å². The van der Waals surface area contributed by atoms with Gasteiger partial charge in [0.15, 0.2) is 0 Å². The van der Waals surface area contributed by atoms with Crippen molar-refractivity contribution < 1.29 is 4.79 Å². The molecule has 0 spiro atoms. The number of hydrogen-bond acceptors (Lipinski definition) is 2. The Bertz CT molecular complexity index is 285. The molecule has 3 nitrogen and oxygen atoms in total. The Morgan fingerprint density at radius 3 is 2.57 bits per heavy atom. The molecule has 0 unspecified atom stereocenters. The molecule has 0 saturated heterocycles. The van der Waals surface area contributed by atoms with Gasteiger partial charge < -0.3 is 10.6 Å². The molecule has 0 heterocycles. The fourth-order valence-corrected chi connectivity index (χ4v) is 1.19. The first-order valence-electron chi connectivity index (χ1n) is 4.56. The number of nitrogens with zero attached hydrogens (tertiary/aromatic N) is 1. The SMILES string of the molecule is [CH2-]N(CCC(N)=O)Cc1ccccc1. The highest BCUT2D eigenvalue weighted by Crippen LogP contribution is 2.03. The summed E-state index contributed by atoms with van der Waals surface area (Å²) in [5.74, 6) is -0.285. The molecule has 0 aliphatic heterocycles. The van der Waals surface area contributed by atoms with E-state index in [1.54, 1.807) is 0 Å². The van der Waals surface area contributed by atoms with Crippen LogP contribution in [0, 0.1) is 7.05 Å². The molecule has 2 N–H and O–H groups in total. The van der Waals surface area contributed by atoms with Gasteiger partial charge in [0.2, 0.25) is 5.91 Å². The van der Waals surface area contributed by atoms with Crippen molar-refractivity contribution in [3.8, 4) is 0 Å². The van der Waals surface area contributed by atoms with Crippen LogP contribution >= 0.6 is 0 Å². The Kier molecular flexibility index (Phi) is 4.13. The van der Waals surface area contributed by atoms with Crippen LogP contribution in [0.3, 0.4) is 0 Å². The van der Waals surface area contributed by atoms with E-state index in [0.29, 0.717) is 13.0 Å². The molecule has 76 valence electrons. The minimum atomic E-state index is -0.285. The molecule has 3 heteroatoms. The van der Waals surface area contributed by atoms with E-state index in [0.717, 1.165) is 6.54 Å². The van der Waals surface area contributed by atoms with Gasteiger partial charge in [-0.15, -0.1) is 0 Å². The third kappa shape index (κ3) is 4.05. The molecule has 0 bridgehead atoms. The van der Waals surface area contributed by atoms with E-state index >= 15 is 0 Å². The van der Waals surface area contributed by atoms with Gasteiger partial charge in [0.1, 0.15) is 0 Å². The summed E-state index contributed by atoms with van der Waals surface area (Å²) in [6.45, 7) is 1.35. The van der Waals surface area contributed by atoms with Crippen LogP contribution < -0.4 is 5.73 Å². The Hall–Kier alpha value is -1.35. The average molecular weight is 191 g/mol. The van der Waals surface area contributed by atoms with Crippen molar-refractivity contribution in [1.29, 1.82) is 0 Å². The van der Waals surface area contributed by atoms with Crippen molar-refractivity contribution in [3.63, 3.8) is 0 Å². The van der Waals surface area contributed by atoms with Gasteiger partial charge in [-0.2, -0.15) is 0 Å². The second kappa shape index (κ2) is 5.40. The lowest BCUT2D eigenvalue weighted by molar-refractivity contribution is -0.118. The predicted octanol–water partition coefficient (Wildman–Crippen LogP) is 1.16. The minimum absolute atomic E-state index is 0.285. The van der Waals surface area contributed by atoms with Gasteiger partial charge in [-0.1, -0.05) is 30.3 Å². The lowest BCUT2D eigenvalue weighted by Crippen LogP contribution is -2.22. The molecule has 14 heavy (non-hydrogen) atoms. The van der Waals surface area contributed by atoms with Crippen molar-refractivity contribution in [3.05, 3.63) is 42.9 Å². The second-order valence-corrected chi connectivity index (χ2v) is 3.25. The summed E-state index contributed by atoms with van der Waals surface area (Å²) < 4.78 is 0. The molecule has 0 saturated carbocycles. The summed E-state index contributed by atoms with van der Waals surface area (Å²) in [7, 11) is 3.83. The number of nitrogens with two attached hydrogens (primary N) is 1. The van der Waals surface area contributed by atoms with Gasteiger partial charge in [-0.05, 0) is 18.7 Å². The van der Waals surface area contributed by atoms with Gasteiger partial charge in [0, 0.05) is 6.42 Å². The smallest absolute Gasteiger partial charge is 0.218 e. The van der Waals surface area contributed by atoms with Crippen molar-refractivity contribution in [2.75, 3.05) is 6.54 Å². The van der Waals surface area contributed by atoms with E-state index in [4.69, 9.17) is 5.73 Å². The zero-order chi connectivity index (χ0) is 10.4. The fourth-order valence-electron chi connectivity index (χ4n) is 1.19. The largest absolute Gasteiger partial charge is 0.455 e. The second-order valence-electron chi connectivity index (χ2n) is 3.25. The number of carbonyl (C=O) groups excluding carboxylic acids is 1. The Balaban J connectivity index is 2.34. The zero-order valence-corrected chi connectivity index (χ0v) is 8.15. The number of benzene rings is 1. The van der Waals surface area contributed by atoms with Crippen LogP contribution in [-0.2, 0) is 11.3 Å². The Morgan fingerprint density at radius 1 is 1.36 bits per heavy atom. The molecule has 0 aliphatic rings. The average Bonchev–Trinajstić information content (AvgIpc) is 2.16. The van der Waals surface area contributed by atoms with Crippen molar-refractivity contribution in [1.82, 2.24) is 4.90 Å². The van der Waals surface area contributed by atoms with Crippen LogP contribution in [0.1, 0.15) is 12.0 Å². The molecule has 1 aromatic rings. The first kappa shape index (κ1) is 10.7. The maximum atomic E-state index is 10.5. The standard InChI is InChI=1S/C11H15N2O/c1-13(8-7-11(12)14)9-10-5-3-2-4-6-10/h2-6H,1,7-9H2,(H2,12,14)/q-1. The monoisotopic (exact) mass is 191 g/mol. The Morgan fingerprint density at radius 2 is 2.00 bits per heavy atom. The van der Waals surface area contributed by atoms with Crippen LogP contribution in [0.15, 0.2) is 30.3 Å². The molecule has 0 aromatic heterocycles. The summed E-state index contributed by atoms with van der Waals surface area (Å²) in [5, 5.41) is 0. The molecule has 0 fully saturated rings. The molecular weight excluding hydrogens is 176 g/mol. The molecule has 1 rings (SSSR count). The number of carbonyl (C=O) groups is 1. The number of amides is 1. The van der Waals surface area contributed by atoms with E-state index in [2.05, 4.69) is 7.05 Å². The number of primary amides is 1. The van der Waals surface area contributed by atoms with Gasteiger partial charge in [0.25, 0.3) is 0 Å². The maximum absolute atomic E-state index is 10.5. The highest BCUT2D eigenvalue weighted by molar-refractivity contribution is 5.73. The molecule has 0 aliphatic carbocycles. The molecule has 1 amide bonds. The van der Waals surface area contributed by atoms with Crippen molar-refractivity contribution in [2.24, 2.45) is 5.73 Å². The van der Waals surface area contributed by atoms with Crippen LogP contribution in [0.2, 0.25) is 0 Å². The van der Waals surface area contributed by atoms with E-state index in [9.17, 15) is 4.79 Å². The van der Waals surface area contributed by atoms with E-state index < -0.39 is 0 Å². The lowest BCUT2D eigenvalue weighted by atomic mass is 10.2.